The first-order valence-electron chi connectivity index (χ1n) is 19.1. The molecule has 5 unspecified atom stereocenters. The first-order chi connectivity index (χ1) is 24.4. The molecule has 53 heavy (non-hydrogen) atoms. The van der Waals surface area contributed by atoms with Crippen molar-refractivity contribution in [2.24, 2.45) is 0 Å². The van der Waals surface area contributed by atoms with Gasteiger partial charge in [-0.2, -0.15) is 4.37 Å². The van der Waals surface area contributed by atoms with Crippen LogP contribution in [0.15, 0.2) is 0 Å². The van der Waals surface area contributed by atoms with Gasteiger partial charge in [-0.15, -0.1) is 4.37 Å². The fourth-order valence-electron chi connectivity index (χ4n) is 6.84. The van der Waals surface area contributed by atoms with E-state index in [-0.39, 0.29) is 36.3 Å². The molecule has 2 rings (SSSR count). The SMILES string of the molecule is CCCC(C)(O[C@H](COc1nsnc1N1CCOCC1)CN(C(C)(C)C)C(C)(CC)C(=O)C(C)OC(C)(C)C(C)=O)C(=O)C(C)OC(C)(CC)C(C)=O. The molecule has 1 fully saturated rings. The summed E-state index contributed by atoms with van der Waals surface area (Å²) >= 11 is 1.05. The summed E-state index contributed by atoms with van der Waals surface area (Å²) in [6, 6.07) is 0. The Balaban J connectivity index is 2.61. The molecule has 0 bridgehead atoms. The van der Waals surface area contributed by atoms with E-state index < -0.39 is 46.2 Å². The summed E-state index contributed by atoms with van der Waals surface area (Å²) in [5.41, 5.74) is -5.25. The Kier molecular flexibility index (Phi) is 16.8. The van der Waals surface area contributed by atoms with Crippen molar-refractivity contribution in [3.8, 4) is 5.88 Å². The molecule has 13 nitrogen and oxygen atoms in total. The van der Waals surface area contributed by atoms with Crippen molar-refractivity contribution in [3.05, 3.63) is 0 Å². The Hall–Kier alpha value is -2.36. The maximum Gasteiger partial charge on any atom is 0.270 e. The molecule has 0 amide bonds. The Morgan fingerprint density at radius 2 is 1.40 bits per heavy atom. The van der Waals surface area contributed by atoms with E-state index in [2.05, 4.69) is 18.5 Å². The lowest BCUT2D eigenvalue weighted by atomic mass is 9.83. The van der Waals surface area contributed by atoms with Gasteiger partial charge in [-0.05, 0) is 102 Å². The van der Waals surface area contributed by atoms with E-state index in [1.807, 2.05) is 48.5 Å². The van der Waals surface area contributed by atoms with E-state index in [9.17, 15) is 19.2 Å². The second-order valence-corrected chi connectivity index (χ2v) is 16.9. The average Bonchev–Trinajstić information content (AvgIpc) is 3.56. The smallest absolute Gasteiger partial charge is 0.270 e. The Morgan fingerprint density at radius 3 is 1.89 bits per heavy atom. The van der Waals surface area contributed by atoms with Crippen LogP contribution in [0, 0.1) is 0 Å². The molecule has 0 aliphatic carbocycles. The van der Waals surface area contributed by atoms with Crippen LogP contribution in [0.5, 0.6) is 5.88 Å². The summed E-state index contributed by atoms with van der Waals surface area (Å²) < 4.78 is 40.1. The Bertz CT molecular complexity index is 1390. The molecular formula is C39H68N4O9S. The fourth-order valence-corrected chi connectivity index (χ4v) is 7.36. The highest BCUT2D eigenvalue weighted by atomic mass is 32.1. The van der Waals surface area contributed by atoms with Gasteiger partial charge in [0.15, 0.2) is 23.1 Å². The number of ether oxygens (including phenoxy) is 5. The van der Waals surface area contributed by atoms with Gasteiger partial charge >= 0.3 is 0 Å². The fraction of sp³-hybridized carbons (Fsp3) is 0.846. The molecule has 1 aromatic heterocycles. The van der Waals surface area contributed by atoms with Gasteiger partial charge in [0.2, 0.25) is 5.82 Å². The van der Waals surface area contributed by atoms with Crippen molar-refractivity contribution in [1.82, 2.24) is 13.6 Å². The monoisotopic (exact) mass is 768 g/mol. The van der Waals surface area contributed by atoms with Crippen LogP contribution in [0.25, 0.3) is 0 Å². The van der Waals surface area contributed by atoms with E-state index in [4.69, 9.17) is 23.7 Å². The zero-order valence-electron chi connectivity index (χ0n) is 35.2. The lowest BCUT2D eigenvalue weighted by Crippen LogP contribution is -2.64. The van der Waals surface area contributed by atoms with Gasteiger partial charge in [0.1, 0.15) is 41.7 Å². The minimum atomic E-state index is -1.33. The maximum absolute atomic E-state index is 14.5. The maximum atomic E-state index is 14.5. The van der Waals surface area contributed by atoms with Gasteiger partial charge < -0.3 is 28.6 Å². The molecule has 1 aliphatic heterocycles. The second kappa shape index (κ2) is 19.0. The lowest BCUT2D eigenvalue weighted by molar-refractivity contribution is -0.182. The molecule has 6 atom stereocenters. The molecule has 0 radical (unpaired) electrons. The van der Waals surface area contributed by atoms with Crippen molar-refractivity contribution in [3.63, 3.8) is 0 Å². The summed E-state index contributed by atoms with van der Waals surface area (Å²) in [7, 11) is 0. The van der Waals surface area contributed by atoms with Gasteiger partial charge in [0, 0.05) is 25.2 Å². The molecule has 1 saturated heterocycles. The quantitative estimate of drug-likeness (QED) is 0.128. The number of morpholine rings is 1. The van der Waals surface area contributed by atoms with Crippen molar-refractivity contribution < 1.29 is 42.9 Å². The van der Waals surface area contributed by atoms with Gasteiger partial charge in [-0.25, -0.2) is 0 Å². The minimum Gasteiger partial charge on any atom is -0.472 e. The minimum absolute atomic E-state index is 0.00527. The highest BCUT2D eigenvalue weighted by molar-refractivity contribution is 6.99. The summed E-state index contributed by atoms with van der Waals surface area (Å²) in [5, 5.41) is 0. The molecular weight excluding hydrogens is 701 g/mol. The molecule has 14 heteroatoms. The van der Waals surface area contributed by atoms with Crippen LogP contribution in [0.3, 0.4) is 0 Å². The van der Waals surface area contributed by atoms with Crippen molar-refractivity contribution in [2.45, 2.75) is 176 Å². The van der Waals surface area contributed by atoms with Gasteiger partial charge in [0.25, 0.3) is 5.88 Å². The average molecular weight is 769 g/mol. The highest BCUT2D eigenvalue weighted by Crippen LogP contribution is 2.35. The van der Waals surface area contributed by atoms with Crippen molar-refractivity contribution >= 4 is 40.7 Å². The molecule has 1 aromatic rings. The summed E-state index contributed by atoms with van der Waals surface area (Å²) in [5.74, 6) is 0.166. The second-order valence-electron chi connectivity index (χ2n) is 16.4. The highest BCUT2D eigenvalue weighted by Gasteiger charge is 2.49. The van der Waals surface area contributed by atoms with Gasteiger partial charge in [-0.1, -0.05) is 27.2 Å². The van der Waals surface area contributed by atoms with Crippen molar-refractivity contribution in [2.75, 3.05) is 44.4 Å². The first-order valence-corrected chi connectivity index (χ1v) is 19.8. The Morgan fingerprint density at radius 1 is 0.811 bits per heavy atom. The van der Waals surface area contributed by atoms with E-state index in [1.54, 1.807) is 41.5 Å². The summed E-state index contributed by atoms with van der Waals surface area (Å²) in [6.07, 6.45) is -0.747. The Labute approximate surface area is 322 Å². The summed E-state index contributed by atoms with van der Waals surface area (Å²) in [4.78, 5) is 57.8. The van der Waals surface area contributed by atoms with Crippen LogP contribution in [-0.4, -0.2) is 122 Å². The van der Waals surface area contributed by atoms with E-state index in [1.165, 1.54) is 13.8 Å². The topological polar surface area (TPSA) is 147 Å². The molecule has 0 saturated carbocycles. The van der Waals surface area contributed by atoms with Crippen LogP contribution < -0.4 is 9.64 Å². The van der Waals surface area contributed by atoms with Crippen LogP contribution >= 0.6 is 11.7 Å². The molecule has 2 heterocycles. The van der Waals surface area contributed by atoms with Crippen LogP contribution in [0.4, 0.5) is 5.82 Å². The predicted octanol–water partition coefficient (Wildman–Crippen LogP) is 6.04. The normalized spacial score (nSPS) is 19.4. The molecule has 0 N–H and O–H groups in total. The van der Waals surface area contributed by atoms with Gasteiger partial charge in [-0.3, -0.25) is 24.1 Å². The molecule has 0 aromatic carbocycles. The van der Waals surface area contributed by atoms with Gasteiger partial charge in [0.05, 0.1) is 30.5 Å². The summed E-state index contributed by atoms with van der Waals surface area (Å²) in [6.45, 7) is 29.4. The first kappa shape index (κ1) is 46.8. The van der Waals surface area contributed by atoms with E-state index in [0.717, 1.165) is 11.7 Å². The number of ketones is 4. The number of hydrogen-bond acceptors (Lipinski definition) is 14. The zero-order chi connectivity index (χ0) is 40.6. The van der Waals surface area contributed by atoms with Crippen LogP contribution in [0.1, 0.15) is 130 Å². The number of hydrogen-bond donors (Lipinski definition) is 0. The third kappa shape index (κ3) is 11.8. The number of anilines is 1. The number of Topliss-reactive ketones (excluding diaryl/α,β-unsaturated/α-hetero) is 4. The van der Waals surface area contributed by atoms with Crippen molar-refractivity contribution in [1.29, 1.82) is 0 Å². The third-order valence-electron chi connectivity index (χ3n) is 10.8. The number of nitrogens with zero attached hydrogens (tertiary/aromatic N) is 4. The number of aromatic nitrogens is 2. The van der Waals surface area contributed by atoms with Crippen LogP contribution in [0.2, 0.25) is 0 Å². The predicted molar refractivity (Wildman–Crippen MR) is 207 cm³/mol. The number of rotatable bonds is 23. The zero-order valence-corrected chi connectivity index (χ0v) is 36.0. The molecule has 304 valence electrons. The standard InChI is InChI=1S/C39H68N4O9S/c1-16-19-39(15,32(47)27(5)51-38(14,18-3)29(7)45)52-30(25-49-34-33(40-53-41-34)42-20-22-48-23-21-42)24-43(35(8,9)10)37(13,17-2)31(46)26(4)50-36(11,12)28(6)44/h26-27,30H,16-25H2,1-15H3/t26?,27?,30-,37?,38?,39?/m0/s1. The number of carbonyl (C=O) groups excluding carboxylic acids is 4. The lowest BCUT2D eigenvalue weighted by Gasteiger charge is -2.50. The third-order valence-corrected chi connectivity index (χ3v) is 11.3. The van der Waals surface area contributed by atoms with E-state index >= 15 is 0 Å². The molecule has 1 aliphatic rings. The number of carbonyl (C=O) groups is 4. The van der Waals surface area contributed by atoms with E-state index in [0.29, 0.717) is 63.7 Å². The molecule has 0 spiro atoms. The largest absolute Gasteiger partial charge is 0.472 e. The van der Waals surface area contributed by atoms with Crippen LogP contribution in [-0.2, 0) is 38.1 Å².